The molecule has 0 spiro atoms. The Morgan fingerprint density at radius 2 is 1.83 bits per heavy atom. The molecule has 3 aliphatic carbocycles. The van der Waals surface area contributed by atoms with Crippen LogP contribution >= 0.6 is 39.1 Å². The Balaban J connectivity index is 1.72. The minimum atomic E-state index is -0.515. The lowest BCUT2D eigenvalue weighted by atomic mass is 9.43. The van der Waals surface area contributed by atoms with Gasteiger partial charge in [-0.1, -0.05) is 59.9 Å². The van der Waals surface area contributed by atoms with Gasteiger partial charge in [0.15, 0.2) is 0 Å². The van der Waals surface area contributed by atoms with E-state index in [4.69, 9.17) is 23.2 Å². The summed E-state index contributed by atoms with van der Waals surface area (Å²) in [7, 11) is 0. The summed E-state index contributed by atoms with van der Waals surface area (Å²) in [5.74, 6) is -0.631. The molecule has 2 amide bonds. The molecule has 2 N–H and O–H groups in total. The van der Waals surface area contributed by atoms with Crippen LogP contribution in [0.1, 0.15) is 44.0 Å². The first kappa shape index (κ1) is 18.0. The molecule has 24 heavy (non-hydrogen) atoms. The number of nitrogens with one attached hydrogen (secondary N) is 2. The van der Waals surface area contributed by atoms with Gasteiger partial charge in [-0.2, -0.15) is 0 Å². The van der Waals surface area contributed by atoms with Crippen molar-refractivity contribution >= 4 is 50.9 Å². The monoisotopic (exact) mass is 432 g/mol. The van der Waals surface area contributed by atoms with Gasteiger partial charge in [0.1, 0.15) is 0 Å². The van der Waals surface area contributed by atoms with E-state index in [1.165, 1.54) is 12.1 Å². The van der Waals surface area contributed by atoms with Crippen LogP contribution in [0.3, 0.4) is 0 Å². The zero-order chi connectivity index (χ0) is 17.9. The van der Waals surface area contributed by atoms with Crippen molar-refractivity contribution in [1.82, 2.24) is 10.9 Å². The van der Waals surface area contributed by atoms with Crippen LogP contribution in [0.2, 0.25) is 10.0 Å². The van der Waals surface area contributed by atoms with E-state index in [1.807, 2.05) is 0 Å². The van der Waals surface area contributed by atoms with Gasteiger partial charge in [-0.05, 0) is 41.9 Å². The first-order valence-electron chi connectivity index (χ1n) is 7.78. The maximum atomic E-state index is 12.8. The van der Waals surface area contributed by atoms with E-state index >= 15 is 0 Å². The average molecular weight is 434 g/mol. The second-order valence-corrected chi connectivity index (χ2v) is 9.17. The van der Waals surface area contributed by atoms with Gasteiger partial charge in [0.25, 0.3) is 5.91 Å². The van der Waals surface area contributed by atoms with Crippen molar-refractivity contribution in [3.05, 3.63) is 33.8 Å². The maximum absolute atomic E-state index is 12.8. The van der Waals surface area contributed by atoms with E-state index in [1.54, 1.807) is 6.07 Å². The highest BCUT2D eigenvalue weighted by atomic mass is 79.9. The molecular weight excluding hydrogens is 415 g/mol. The molecule has 7 heteroatoms. The van der Waals surface area contributed by atoms with Crippen LogP contribution in [0.25, 0.3) is 0 Å². The highest BCUT2D eigenvalue weighted by molar-refractivity contribution is 9.09. The lowest BCUT2D eigenvalue weighted by Gasteiger charge is -2.64. The number of amides is 2. The average Bonchev–Trinajstić information content (AvgIpc) is 2.92. The Kier molecular flexibility index (Phi) is 4.22. The minimum Gasteiger partial charge on any atom is -0.273 e. The standard InChI is InChI=1S/C17H19BrCl2N2O2/c1-15(2)16(3)6-7-17(15,13(16)18)14(24)22-21-12(23)10-5-4-9(19)8-11(10)20/h4-5,8,13H,6-7H2,1-3H3,(H,21,23)(H,22,24). The van der Waals surface area contributed by atoms with Crippen LogP contribution in [0, 0.1) is 16.2 Å². The SMILES string of the molecule is CC12CCC(C(=O)NNC(=O)c3ccc(Cl)cc3Cl)(C1Br)C2(C)C. The lowest BCUT2D eigenvalue weighted by Crippen LogP contribution is -2.70. The predicted molar refractivity (Wildman–Crippen MR) is 98.3 cm³/mol. The summed E-state index contributed by atoms with van der Waals surface area (Å²) < 4.78 is 0. The molecule has 0 radical (unpaired) electrons. The fourth-order valence-corrected chi connectivity index (χ4v) is 6.73. The number of rotatable bonds is 2. The van der Waals surface area contributed by atoms with E-state index in [9.17, 15) is 9.59 Å². The normalized spacial score (nSPS) is 32.8. The predicted octanol–water partition coefficient (Wildman–Crippen LogP) is 4.34. The topological polar surface area (TPSA) is 58.2 Å². The summed E-state index contributed by atoms with van der Waals surface area (Å²) in [6.45, 7) is 6.45. The largest absolute Gasteiger partial charge is 0.273 e. The number of hydrazine groups is 1. The molecule has 1 aromatic rings. The number of carbonyl (C=O) groups is 2. The van der Waals surface area contributed by atoms with Crippen LogP contribution in [0.15, 0.2) is 18.2 Å². The van der Waals surface area contributed by atoms with Gasteiger partial charge in [-0.3, -0.25) is 20.4 Å². The molecule has 130 valence electrons. The first-order chi connectivity index (χ1) is 11.1. The molecule has 0 saturated heterocycles. The fraction of sp³-hybridized carbons (Fsp3) is 0.529. The molecule has 4 nitrogen and oxygen atoms in total. The molecule has 3 unspecified atom stereocenters. The molecule has 3 aliphatic rings. The van der Waals surface area contributed by atoms with Gasteiger partial charge in [0.2, 0.25) is 5.91 Å². The number of fused-ring (bicyclic) bond motifs is 1. The van der Waals surface area contributed by atoms with E-state index in [-0.39, 0.29) is 32.2 Å². The van der Waals surface area contributed by atoms with Gasteiger partial charge < -0.3 is 0 Å². The molecule has 3 atom stereocenters. The highest BCUT2D eigenvalue weighted by Gasteiger charge is 2.80. The summed E-state index contributed by atoms with van der Waals surface area (Å²) in [4.78, 5) is 25.2. The Labute approximate surface area is 159 Å². The second-order valence-electron chi connectivity index (χ2n) is 7.41. The van der Waals surface area contributed by atoms with Crippen molar-refractivity contribution in [3.63, 3.8) is 0 Å². The van der Waals surface area contributed by atoms with Crippen LogP contribution in [-0.2, 0) is 4.79 Å². The lowest BCUT2D eigenvalue weighted by molar-refractivity contribution is -0.162. The van der Waals surface area contributed by atoms with Gasteiger partial charge in [-0.15, -0.1) is 0 Å². The van der Waals surface area contributed by atoms with Crippen molar-refractivity contribution in [2.24, 2.45) is 16.2 Å². The van der Waals surface area contributed by atoms with Crippen molar-refractivity contribution in [3.8, 4) is 0 Å². The third-order valence-corrected chi connectivity index (χ3v) is 8.78. The molecule has 2 bridgehead atoms. The summed E-state index contributed by atoms with van der Waals surface area (Å²) in [5, 5.41) is 0.686. The minimum absolute atomic E-state index is 0.0911. The number of hydrogen-bond donors (Lipinski definition) is 2. The molecule has 4 rings (SSSR count). The zero-order valence-corrected chi connectivity index (χ0v) is 16.8. The summed E-state index contributed by atoms with van der Waals surface area (Å²) in [5.41, 5.74) is 4.76. The van der Waals surface area contributed by atoms with Crippen LogP contribution in [0.5, 0.6) is 0 Å². The van der Waals surface area contributed by atoms with E-state index < -0.39 is 11.3 Å². The molecule has 3 fully saturated rings. The summed E-state index contributed by atoms with van der Waals surface area (Å²) >= 11 is 15.6. The van der Waals surface area contributed by atoms with Gasteiger partial charge in [0, 0.05) is 9.85 Å². The molecular formula is C17H19BrCl2N2O2. The highest BCUT2D eigenvalue weighted by Crippen LogP contribution is 2.79. The number of hydrogen-bond acceptors (Lipinski definition) is 2. The van der Waals surface area contributed by atoms with E-state index in [0.717, 1.165) is 12.8 Å². The summed E-state index contributed by atoms with van der Waals surface area (Å²) in [6, 6.07) is 4.59. The van der Waals surface area contributed by atoms with Gasteiger partial charge >= 0.3 is 0 Å². The molecule has 1 aromatic carbocycles. The zero-order valence-electron chi connectivity index (χ0n) is 13.7. The van der Waals surface area contributed by atoms with E-state index in [0.29, 0.717) is 5.02 Å². The Bertz CT molecular complexity index is 739. The third kappa shape index (κ3) is 2.10. The van der Waals surface area contributed by atoms with Crippen molar-refractivity contribution in [2.45, 2.75) is 38.4 Å². The van der Waals surface area contributed by atoms with Gasteiger partial charge in [-0.25, -0.2) is 0 Å². The van der Waals surface area contributed by atoms with Gasteiger partial charge in [0.05, 0.1) is 16.0 Å². The quantitative estimate of drug-likeness (QED) is 0.538. The Morgan fingerprint density at radius 3 is 2.33 bits per heavy atom. The molecule has 0 aliphatic heterocycles. The van der Waals surface area contributed by atoms with Crippen molar-refractivity contribution < 1.29 is 9.59 Å². The number of alkyl halides is 1. The maximum Gasteiger partial charge on any atom is 0.271 e. The van der Waals surface area contributed by atoms with Crippen LogP contribution < -0.4 is 10.9 Å². The smallest absolute Gasteiger partial charge is 0.271 e. The van der Waals surface area contributed by atoms with E-state index in [2.05, 4.69) is 47.6 Å². The molecule has 0 heterocycles. The third-order valence-electron chi connectivity index (χ3n) is 6.44. The Morgan fingerprint density at radius 1 is 1.17 bits per heavy atom. The fourth-order valence-electron chi connectivity index (χ4n) is 4.42. The number of carbonyl (C=O) groups excluding carboxylic acids is 2. The van der Waals surface area contributed by atoms with Crippen LogP contribution in [0.4, 0.5) is 0 Å². The Hall–Kier alpha value is -0.780. The second kappa shape index (κ2) is 5.61. The van der Waals surface area contributed by atoms with Crippen molar-refractivity contribution in [1.29, 1.82) is 0 Å². The molecule has 3 saturated carbocycles. The molecule has 0 aromatic heterocycles. The van der Waals surface area contributed by atoms with Crippen LogP contribution in [-0.4, -0.2) is 16.6 Å². The number of benzene rings is 1. The first-order valence-corrected chi connectivity index (χ1v) is 9.45. The summed E-state index contributed by atoms with van der Waals surface area (Å²) in [6.07, 6.45) is 1.79. The van der Waals surface area contributed by atoms with Crippen molar-refractivity contribution in [2.75, 3.05) is 0 Å². The number of halogens is 3.